The number of rotatable bonds is 3. The van der Waals surface area contributed by atoms with Crippen molar-refractivity contribution in [1.82, 2.24) is 14.5 Å². The number of aromatic nitrogens is 3. The Morgan fingerprint density at radius 2 is 2.03 bits per heavy atom. The Kier molecular flexibility index (Phi) is 7.03. The van der Waals surface area contributed by atoms with Gasteiger partial charge in [-0.2, -0.15) is 18.4 Å². The van der Waals surface area contributed by atoms with Crippen molar-refractivity contribution >= 4 is 22.8 Å². The van der Waals surface area contributed by atoms with Gasteiger partial charge in [0.05, 0.1) is 23.9 Å². The Balaban J connectivity index is 0.000000383. The number of anilines is 1. The number of hydrogen-bond acceptors (Lipinski definition) is 6. The normalized spacial score (nSPS) is 16.1. The van der Waals surface area contributed by atoms with Crippen molar-refractivity contribution in [2.24, 2.45) is 5.73 Å². The van der Waals surface area contributed by atoms with Crippen LogP contribution in [-0.4, -0.2) is 50.9 Å². The van der Waals surface area contributed by atoms with E-state index in [0.717, 1.165) is 42.7 Å². The lowest BCUT2D eigenvalue weighted by Crippen LogP contribution is -2.43. The van der Waals surface area contributed by atoms with Crippen LogP contribution in [0, 0.1) is 11.3 Å². The standard InChI is InChI=1S/C19H20N6O.C2HF3O2/c20-10-13-4-1-2-5-14(13)11-25-17-16(24-9-3-6-15(21)12-24)7-8-22-18(17)23-19(25)26;3-2(4,5)1(6)7/h1-2,4-5,7-8,15H,3,6,9,11-12,21H2,(H,22,23,26);(H,6,7)/t15-;/m1./s1. The van der Waals surface area contributed by atoms with Crippen LogP contribution in [0.2, 0.25) is 0 Å². The minimum atomic E-state index is -5.08. The van der Waals surface area contributed by atoms with E-state index in [1.165, 1.54) is 0 Å². The van der Waals surface area contributed by atoms with E-state index in [2.05, 4.69) is 20.9 Å². The molecule has 12 heteroatoms. The lowest BCUT2D eigenvalue weighted by molar-refractivity contribution is -0.192. The molecule has 0 unspecified atom stereocenters. The minimum absolute atomic E-state index is 0.130. The average Bonchev–Trinajstić information content (AvgIpc) is 3.09. The van der Waals surface area contributed by atoms with Gasteiger partial charge < -0.3 is 15.7 Å². The number of piperidine rings is 1. The molecular weight excluding hydrogens is 441 g/mol. The van der Waals surface area contributed by atoms with Crippen molar-refractivity contribution in [3.8, 4) is 6.07 Å². The number of hydrogen-bond donors (Lipinski definition) is 3. The molecule has 0 saturated carbocycles. The van der Waals surface area contributed by atoms with Crippen LogP contribution in [-0.2, 0) is 11.3 Å². The molecule has 0 bridgehead atoms. The van der Waals surface area contributed by atoms with E-state index in [-0.39, 0.29) is 11.7 Å². The number of alkyl halides is 3. The van der Waals surface area contributed by atoms with E-state index in [1.54, 1.807) is 16.8 Å². The van der Waals surface area contributed by atoms with Crippen LogP contribution >= 0.6 is 0 Å². The molecule has 3 aromatic rings. The van der Waals surface area contributed by atoms with E-state index < -0.39 is 12.1 Å². The first-order valence-electron chi connectivity index (χ1n) is 9.98. The molecule has 4 N–H and O–H groups in total. The largest absolute Gasteiger partial charge is 0.490 e. The van der Waals surface area contributed by atoms with Crippen molar-refractivity contribution in [2.75, 3.05) is 18.0 Å². The first kappa shape index (κ1) is 23.8. The number of aromatic amines is 1. The van der Waals surface area contributed by atoms with Crippen LogP contribution in [0.25, 0.3) is 11.2 Å². The van der Waals surface area contributed by atoms with Crippen molar-refractivity contribution in [3.05, 3.63) is 58.1 Å². The van der Waals surface area contributed by atoms with E-state index in [4.69, 9.17) is 15.6 Å². The third-order valence-corrected chi connectivity index (χ3v) is 5.15. The summed E-state index contributed by atoms with van der Waals surface area (Å²) in [6.07, 6.45) is -1.33. The fourth-order valence-corrected chi connectivity index (χ4v) is 3.64. The number of nitrogens with zero attached hydrogens (tertiary/aromatic N) is 4. The first-order chi connectivity index (χ1) is 15.6. The molecule has 33 heavy (non-hydrogen) atoms. The molecule has 1 fully saturated rings. The van der Waals surface area contributed by atoms with Gasteiger partial charge in [0.2, 0.25) is 0 Å². The number of pyridine rings is 1. The highest BCUT2D eigenvalue weighted by atomic mass is 19.4. The quantitative estimate of drug-likeness (QED) is 0.542. The predicted octanol–water partition coefficient (Wildman–Crippen LogP) is 2.21. The molecule has 1 aromatic carbocycles. The molecule has 1 saturated heterocycles. The van der Waals surface area contributed by atoms with Crippen LogP contribution in [0.4, 0.5) is 18.9 Å². The van der Waals surface area contributed by atoms with Gasteiger partial charge in [-0.25, -0.2) is 14.6 Å². The summed E-state index contributed by atoms with van der Waals surface area (Å²) in [5.74, 6) is -2.76. The number of carbonyl (C=O) groups is 1. The number of nitrogens with one attached hydrogen (secondary N) is 1. The maximum atomic E-state index is 12.6. The Hall–Kier alpha value is -3.85. The van der Waals surface area contributed by atoms with Gasteiger partial charge in [0, 0.05) is 25.3 Å². The predicted molar refractivity (Wildman–Crippen MR) is 114 cm³/mol. The van der Waals surface area contributed by atoms with E-state index in [1.807, 2.05) is 24.3 Å². The molecule has 9 nitrogen and oxygen atoms in total. The van der Waals surface area contributed by atoms with Gasteiger partial charge in [0.1, 0.15) is 5.52 Å². The Morgan fingerprint density at radius 3 is 2.67 bits per heavy atom. The molecule has 0 spiro atoms. The van der Waals surface area contributed by atoms with Gasteiger partial charge in [-0.3, -0.25) is 9.55 Å². The highest BCUT2D eigenvalue weighted by molar-refractivity contribution is 5.86. The number of H-pyrrole nitrogens is 1. The topological polar surface area (TPSA) is 141 Å². The second-order valence-electron chi connectivity index (χ2n) is 7.46. The van der Waals surface area contributed by atoms with Gasteiger partial charge in [0.25, 0.3) is 0 Å². The lowest BCUT2D eigenvalue weighted by Gasteiger charge is -2.33. The van der Waals surface area contributed by atoms with E-state index in [9.17, 15) is 23.2 Å². The molecule has 1 atom stereocenters. The maximum Gasteiger partial charge on any atom is 0.490 e. The van der Waals surface area contributed by atoms with Crippen molar-refractivity contribution in [1.29, 1.82) is 5.26 Å². The van der Waals surface area contributed by atoms with Gasteiger partial charge in [-0.15, -0.1) is 0 Å². The van der Waals surface area contributed by atoms with Gasteiger partial charge in [0.15, 0.2) is 5.65 Å². The molecule has 4 rings (SSSR count). The molecule has 1 aliphatic rings. The van der Waals surface area contributed by atoms with Crippen LogP contribution in [0.5, 0.6) is 0 Å². The molecular formula is C21H21F3N6O3. The van der Waals surface area contributed by atoms with Crippen LogP contribution in [0.1, 0.15) is 24.0 Å². The average molecular weight is 462 g/mol. The highest BCUT2D eigenvalue weighted by Gasteiger charge is 2.38. The van der Waals surface area contributed by atoms with E-state index >= 15 is 0 Å². The number of imidazole rings is 1. The van der Waals surface area contributed by atoms with Crippen molar-refractivity contribution in [2.45, 2.75) is 31.6 Å². The highest BCUT2D eigenvalue weighted by Crippen LogP contribution is 2.27. The fraction of sp³-hybridized carbons (Fsp3) is 0.333. The lowest BCUT2D eigenvalue weighted by atomic mass is 10.1. The molecule has 0 aliphatic carbocycles. The SMILES string of the molecule is N#Cc1ccccc1Cn1c(=O)[nH]c2nccc(N3CCC[C@@H](N)C3)c21.O=C(O)C(F)(F)F. The third-order valence-electron chi connectivity index (χ3n) is 5.15. The summed E-state index contributed by atoms with van der Waals surface area (Å²) in [5, 5.41) is 16.5. The number of fused-ring (bicyclic) bond motifs is 1. The minimum Gasteiger partial charge on any atom is -0.475 e. The van der Waals surface area contributed by atoms with Gasteiger partial charge in [-0.05, 0) is 30.5 Å². The van der Waals surface area contributed by atoms with Crippen molar-refractivity contribution in [3.63, 3.8) is 0 Å². The zero-order valence-corrected chi connectivity index (χ0v) is 17.3. The van der Waals surface area contributed by atoms with Crippen LogP contribution in [0.15, 0.2) is 41.3 Å². The number of benzene rings is 1. The summed E-state index contributed by atoms with van der Waals surface area (Å²) in [5.41, 5.74) is 9.57. The first-order valence-corrected chi connectivity index (χ1v) is 9.98. The van der Waals surface area contributed by atoms with E-state index in [0.29, 0.717) is 17.8 Å². The molecule has 174 valence electrons. The number of nitriles is 1. The number of carboxylic acid groups (broad SMARTS) is 1. The summed E-state index contributed by atoms with van der Waals surface area (Å²) in [7, 11) is 0. The number of aliphatic carboxylic acids is 1. The fourth-order valence-electron chi connectivity index (χ4n) is 3.64. The number of carboxylic acids is 1. The zero-order valence-electron chi connectivity index (χ0n) is 17.3. The smallest absolute Gasteiger partial charge is 0.475 e. The Morgan fingerprint density at radius 1 is 1.33 bits per heavy atom. The second-order valence-corrected chi connectivity index (χ2v) is 7.46. The van der Waals surface area contributed by atoms with Crippen LogP contribution in [0.3, 0.4) is 0 Å². The molecule has 3 heterocycles. The Bertz CT molecular complexity index is 1240. The van der Waals surface area contributed by atoms with Gasteiger partial charge >= 0.3 is 17.8 Å². The van der Waals surface area contributed by atoms with Crippen LogP contribution < -0.4 is 16.3 Å². The molecule has 1 aliphatic heterocycles. The summed E-state index contributed by atoms with van der Waals surface area (Å²) in [6, 6.07) is 11.6. The van der Waals surface area contributed by atoms with Gasteiger partial charge in [-0.1, -0.05) is 18.2 Å². The number of nitrogens with two attached hydrogens (primary N) is 1. The Labute approximate surface area is 185 Å². The summed E-state index contributed by atoms with van der Waals surface area (Å²) in [4.78, 5) is 30.9. The monoisotopic (exact) mass is 462 g/mol. The van der Waals surface area contributed by atoms with Crippen molar-refractivity contribution < 1.29 is 23.1 Å². The second kappa shape index (κ2) is 9.74. The summed E-state index contributed by atoms with van der Waals surface area (Å²) < 4.78 is 33.4. The summed E-state index contributed by atoms with van der Waals surface area (Å²) in [6.45, 7) is 1.98. The number of halogens is 3. The molecule has 0 amide bonds. The third kappa shape index (κ3) is 5.50. The maximum absolute atomic E-state index is 12.6. The molecule has 0 radical (unpaired) electrons. The zero-order chi connectivity index (χ0) is 24.2. The molecule has 2 aromatic heterocycles. The summed E-state index contributed by atoms with van der Waals surface area (Å²) >= 11 is 0.